The second kappa shape index (κ2) is 7.53. The van der Waals surface area contributed by atoms with Crippen LogP contribution in [0.15, 0.2) is 0 Å². The number of hydrogen-bond donors (Lipinski definition) is 0. The molecular weight excluding hydrogens is 218 g/mol. The van der Waals surface area contributed by atoms with Crippen molar-refractivity contribution in [3.8, 4) is 0 Å². The number of rotatable bonds is 5. The molecule has 2 aliphatic rings. The maximum Gasteiger partial charge on any atom is 0.0101 e. The van der Waals surface area contributed by atoms with E-state index in [0.29, 0.717) is 0 Å². The Hall–Kier alpha value is -0.0400. The van der Waals surface area contributed by atoms with Crippen LogP contribution in [0.25, 0.3) is 0 Å². The molecule has 2 aliphatic carbocycles. The van der Waals surface area contributed by atoms with Crippen molar-refractivity contribution in [3.05, 3.63) is 0 Å². The van der Waals surface area contributed by atoms with Gasteiger partial charge in [-0.15, -0.1) is 0 Å². The van der Waals surface area contributed by atoms with Crippen molar-refractivity contribution in [2.45, 2.75) is 109 Å². The van der Waals surface area contributed by atoms with Crippen LogP contribution in [0.1, 0.15) is 90.9 Å². The van der Waals surface area contributed by atoms with Gasteiger partial charge in [0.1, 0.15) is 0 Å². The highest BCUT2D eigenvalue weighted by molar-refractivity contribution is 4.87. The van der Waals surface area contributed by atoms with Crippen LogP contribution >= 0.6 is 0 Å². The molecule has 2 fully saturated rings. The molecule has 106 valence electrons. The van der Waals surface area contributed by atoms with E-state index >= 15 is 0 Å². The molecule has 2 rings (SSSR count). The van der Waals surface area contributed by atoms with Gasteiger partial charge in [0, 0.05) is 18.1 Å². The van der Waals surface area contributed by atoms with Crippen LogP contribution in [0.5, 0.6) is 0 Å². The summed E-state index contributed by atoms with van der Waals surface area (Å²) in [5.41, 5.74) is 0. The van der Waals surface area contributed by atoms with Crippen molar-refractivity contribution in [1.29, 1.82) is 0 Å². The summed E-state index contributed by atoms with van der Waals surface area (Å²) in [6.07, 6.45) is 17.5. The lowest BCUT2D eigenvalue weighted by molar-refractivity contribution is 0.0339. The smallest absolute Gasteiger partial charge is 0.0101 e. The molecule has 0 unspecified atom stereocenters. The van der Waals surface area contributed by atoms with Gasteiger partial charge in [-0.2, -0.15) is 0 Å². The normalized spacial score (nSPS) is 24.0. The standard InChI is InChI=1S/C17H33N/c1-3-15(4-2)18(16-11-7-5-8-12-16)17-13-9-6-10-14-17/h15-17H,3-14H2,1-2H3. The lowest BCUT2D eigenvalue weighted by atomic mass is 9.86. The Balaban J connectivity index is 2.04. The molecule has 0 spiro atoms. The zero-order valence-electron chi connectivity index (χ0n) is 12.7. The summed E-state index contributed by atoms with van der Waals surface area (Å²) in [7, 11) is 0. The molecule has 18 heavy (non-hydrogen) atoms. The van der Waals surface area contributed by atoms with Crippen LogP contribution in [0, 0.1) is 0 Å². The summed E-state index contributed by atoms with van der Waals surface area (Å²) in [4.78, 5) is 3.00. The van der Waals surface area contributed by atoms with Gasteiger partial charge in [0.15, 0.2) is 0 Å². The van der Waals surface area contributed by atoms with Gasteiger partial charge in [0.25, 0.3) is 0 Å². The SMILES string of the molecule is CCC(CC)N(C1CCCCC1)C1CCCCC1. The fourth-order valence-electron chi connectivity index (χ4n) is 4.36. The van der Waals surface area contributed by atoms with Crippen LogP contribution in [0.3, 0.4) is 0 Å². The molecule has 1 heteroatoms. The van der Waals surface area contributed by atoms with E-state index in [0.717, 1.165) is 18.1 Å². The first kappa shape index (κ1) is 14.4. The van der Waals surface area contributed by atoms with Gasteiger partial charge in [0.05, 0.1) is 0 Å². The Bertz CT molecular complexity index is 192. The lowest BCUT2D eigenvalue weighted by Gasteiger charge is -2.46. The average molecular weight is 251 g/mol. The minimum absolute atomic E-state index is 0.858. The van der Waals surface area contributed by atoms with Crippen LogP contribution in [0.4, 0.5) is 0 Å². The maximum absolute atomic E-state index is 3.00. The fourth-order valence-corrected chi connectivity index (χ4v) is 4.36. The lowest BCUT2D eigenvalue weighted by Crippen LogP contribution is -2.50. The topological polar surface area (TPSA) is 3.24 Å². The number of hydrogen-bond acceptors (Lipinski definition) is 1. The van der Waals surface area contributed by atoms with E-state index in [1.54, 1.807) is 0 Å². The third-order valence-electron chi connectivity index (χ3n) is 5.36. The maximum atomic E-state index is 3.00. The first-order valence-electron chi connectivity index (χ1n) is 8.64. The van der Waals surface area contributed by atoms with E-state index in [-0.39, 0.29) is 0 Å². The average Bonchev–Trinajstić information content (AvgIpc) is 2.46. The Morgan fingerprint density at radius 3 is 1.44 bits per heavy atom. The zero-order valence-corrected chi connectivity index (χ0v) is 12.7. The summed E-state index contributed by atoms with van der Waals surface area (Å²) in [5.74, 6) is 0. The highest BCUT2D eigenvalue weighted by Crippen LogP contribution is 2.33. The summed E-state index contributed by atoms with van der Waals surface area (Å²) < 4.78 is 0. The Labute approximate surface area is 114 Å². The van der Waals surface area contributed by atoms with Crippen molar-refractivity contribution < 1.29 is 0 Å². The predicted molar refractivity (Wildman–Crippen MR) is 80.0 cm³/mol. The van der Waals surface area contributed by atoms with Crippen molar-refractivity contribution in [2.75, 3.05) is 0 Å². The summed E-state index contributed by atoms with van der Waals surface area (Å²) in [5, 5.41) is 0. The molecule has 0 aromatic carbocycles. The highest BCUT2D eigenvalue weighted by Gasteiger charge is 2.32. The molecule has 0 radical (unpaired) electrons. The van der Waals surface area contributed by atoms with Gasteiger partial charge >= 0.3 is 0 Å². The minimum atomic E-state index is 0.858. The Morgan fingerprint density at radius 1 is 0.722 bits per heavy atom. The van der Waals surface area contributed by atoms with Gasteiger partial charge in [-0.25, -0.2) is 0 Å². The van der Waals surface area contributed by atoms with Crippen molar-refractivity contribution in [1.82, 2.24) is 4.90 Å². The molecule has 0 amide bonds. The molecule has 0 bridgehead atoms. The first-order valence-corrected chi connectivity index (χ1v) is 8.64. The van der Waals surface area contributed by atoms with Gasteiger partial charge in [0.2, 0.25) is 0 Å². The van der Waals surface area contributed by atoms with E-state index < -0.39 is 0 Å². The molecule has 0 aliphatic heterocycles. The van der Waals surface area contributed by atoms with Crippen LogP contribution in [-0.2, 0) is 0 Å². The van der Waals surface area contributed by atoms with Crippen LogP contribution < -0.4 is 0 Å². The molecule has 0 saturated heterocycles. The molecule has 0 aromatic heterocycles. The zero-order chi connectivity index (χ0) is 12.8. The second-order valence-electron chi connectivity index (χ2n) is 6.50. The van der Waals surface area contributed by atoms with E-state index in [2.05, 4.69) is 18.7 Å². The largest absolute Gasteiger partial charge is 0.295 e. The Morgan fingerprint density at radius 2 is 1.11 bits per heavy atom. The third-order valence-corrected chi connectivity index (χ3v) is 5.36. The summed E-state index contributed by atoms with van der Waals surface area (Å²) in [6, 6.07) is 2.70. The summed E-state index contributed by atoms with van der Waals surface area (Å²) >= 11 is 0. The van der Waals surface area contributed by atoms with E-state index in [9.17, 15) is 0 Å². The van der Waals surface area contributed by atoms with Crippen LogP contribution in [0.2, 0.25) is 0 Å². The minimum Gasteiger partial charge on any atom is -0.295 e. The quantitative estimate of drug-likeness (QED) is 0.653. The molecule has 0 N–H and O–H groups in total. The monoisotopic (exact) mass is 251 g/mol. The van der Waals surface area contributed by atoms with Crippen molar-refractivity contribution >= 4 is 0 Å². The Kier molecular flexibility index (Phi) is 6.01. The van der Waals surface area contributed by atoms with Gasteiger partial charge in [-0.3, -0.25) is 4.90 Å². The van der Waals surface area contributed by atoms with E-state index in [4.69, 9.17) is 0 Å². The van der Waals surface area contributed by atoms with Crippen molar-refractivity contribution in [3.63, 3.8) is 0 Å². The number of nitrogens with zero attached hydrogens (tertiary/aromatic N) is 1. The molecule has 0 aromatic rings. The van der Waals surface area contributed by atoms with Gasteiger partial charge in [-0.1, -0.05) is 52.4 Å². The predicted octanol–water partition coefficient (Wildman–Crippen LogP) is 5.14. The molecule has 0 heterocycles. The second-order valence-corrected chi connectivity index (χ2v) is 6.50. The van der Waals surface area contributed by atoms with Crippen LogP contribution in [-0.4, -0.2) is 23.0 Å². The third kappa shape index (κ3) is 3.50. The first-order chi connectivity index (χ1) is 8.86. The highest BCUT2D eigenvalue weighted by atomic mass is 15.2. The van der Waals surface area contributed by atoms with Gasteiger partial charge in [-0.05, 0) is 38.5 Å². The fraction of sp³-hybridized carbons (Fsp3) is 1.00. The molecular formula is C17H33N. The summed E-state index contributed by atoms with van der Waals surface area (Å²) in [6.45, 7) is 4.79. The van der Waals surface area contributed by atoms with Crippen molar-refractivity contribution in [2.24, 2.45) is 0 Å². The van der Waals surface area contributed by atoms with E-state index in [1.807, 2.05) is 0 Å². The molecule has 2 saturated carbocycles. The molecule has 1 nitrogen and oxygen atoms in total. The van der Waals surface area contributed by atoms with Gasteiger partial charge < -0.3 is 0 Å². The molecule has 0 atom stereocenters. The van der Waals surface area contributed by atoms with E-state index in [1.165, 1.54) is 77.0 Å².